The molecule has 0 bridgehead atoms. The van der Waals surface area contributed by atoms with Gasteiger partial charge in [-0.15, -0.1) is 10.2 Å². The number of furan rings is 1. The third kappa shape index (κ3) is 2.20. The van der Waals surface area contributed by atoms with Gasteiger partial charge in [0.25, 0.3) is 0 Å². The molecular weight excluding hydrogens is 252 g/mol. The van der Waals surface area contributed by atoms with Crippen LogP contribution in [0, 0.1) is 6.92 Å². The second kappa shape index (κ2) is 5.09. The van der Waals surface area contributed by atoms with Crippen molar-refractivity contribution in [2.75, 3.05) is 0 Å². The summed E-state index contributed by atoms with van der Waals surface area (Å²) in [5.74, 6) is 1.89. The van der Waals surface area contributed by atoms with E-state index in [0.29, 0.717) is 6.54 Å². The van der Waals surface area contributed by atoms with Gasteiger partial charge in [-0.05, 0) is 25.5 Å². The van der Waals surface area contributed by atoms with Crippen molar-refractivity contribution in [3.05, 3.63) is 47.7 Å². The molecule has 0 spiro atoms. The van der Waals surface area contributed by atoms with Gasteiger partial charge in [0.15, 0.2) is 0 Å². The van der Waals surface area contributed by atoms with Gasteiger partial charge >= 0.3 is 0 Å². The molecule has 3 rings (SSSR count). The van der Waals surface area contributed by atoms with Crippen LogP contribution in [0.4, 0.5) is 0 Å². The lowest BCUT2D eigenvalue weighted by Gasteiger charge is -2.11. The van der Waals surface area contributed by atoms with Crippen molar-refractivity contribution in [1.29, 1.82) is 0 Å². The highest BCUT2D eigenvalue weighted by molar-refractivity contribution is 5.82. The predicted octanol–water partition coefficient (Wildman–Crippen LogP) is 2.72. The molecule has 20 heavy (non-hydrogen) atoms. The number of benzene rings is 1. The summed E-state index contributed by atoms with van der Waals surface area (Å²) < 4.78 is 7.86. The van der Waals surface area contributed by atoms with E-state index in [1.54, 1.807) is 6.33 Å². The molecule has 2 heterocycles. The van der Waals surface area contributed by atoms with E-state index < -0.39 is 0 Å². The first-order valence-electron chi connectivity index (χ1n) is 6.71. The van der Waals surface area contributed by atoms with Crippen LogP contribution in [0.2, 0.25) is 0 Å². The van der Waals surface area contributed by atoms with E-state index in [0.717, 1.165) is 17.2 Å². The summed E-state index contributed by atoms with van der Waals surface area (Å²) in [4.78, 5) is 0. The van der Waals surface area contributed by atoms with E-state index in [9.17, 15) is 0 Å². The zero-order valence-corrected chi connectivity index (χ0v) is 11.9. The Balaban J connectivity index is 1.80. The minimum atomic E-state index is 0.124. The Hall–Kier alpha value is -2.14. The summed E-state index contributed by atoms with van der Waals surface area (Å²) in [6.07, 6.45) is 1.70. The van der Waals surface area contributed by atoms with Gasteiger partial charge in [-0.25, -0.2) is 0 Å². The number of hydrogen-bond acceptors (Lipinski definition) is 4. The molecule has 0 fully saturated rings. The fourth-order valence-corrected chi connectivity index (χ4v) is 2.41. The molecule has 5 nitrogen and oxygen atoms in total. The van der Waals surface area contributed by atoms with E-state index >= 15 is 0 Å². The molecule has 3 aromatic rings. The maximum absolute atomic E-state index is 5.96. The quantitative estimate of drug-likeness (QED) is 0.792. The molecule has 1 atom stereocenters. The summed E-state index contributed by atoms with van der Waals surface area (Å²) in [7, 11) is 1.94. The molecule has 0 aliphatic rings. The minimum Gasteiger partial charge on any atom is -0.459 e. The van der Waals surface area contributed by atoms with E-state index in [1.807, 2.05) is 29.8 Å². The Morgan fingerprint density at radius 2 is 2.15 bits per heavy atom. The van der Waals surface area contributed by atoms with Crippen molar-refractivity contribution in [2.45, 2.75) is 26.4 Å². The Labute approximate surface area is 117 Å². The number of nitrogens with zero attached hydrogens (tertiary/aromatic N) is 3. The molecular formula is C15H18N4O. The highest BCUT2D eigenvalue weighted by Gasteiger charge is 2.16. The van der Waals surface area contributed by atoms with E-state index in [-0.39, 0.29) is 6.04 Å². The van der Waals surface area contributed by atoms with Gasteiger partial charge in [0.1, 0.15) is 23.5 Å². The minimum absolute atomic E-state index is 0.124. The lowest BCUT2D eigenvalue weighted by Crippen LogP contribution is -2.20. The first-order chi connectivity index (χ1) is 9.66. The molecule has 5 heteroatoms. The van der Waals surface area contributed by atoms with Gasteiger partial charge in [-0.1, -0.05) is 18.2 Å². The zero-order valence-electron chi connectivity index (χ0n) is 11.9. The molecule has 104 valence electrons. The largest absolute Gasteiger partial charge is 0.459 e. The maximum Gasteiger partial charge on any atom is 0.146 e. The summed E-state index contributed by atoms with van der Waals surface area (Å²) in [5, 5.41) is 12.5. The third-order valence-electron chi connectivity index (χ3n) is 3.65. The van der Waals surface area contributed by atoms with Crippen LogP contribution in [0.3, 0.4) is 0 Å². The fraction of sp³-hybridized carbons (Fsp3) is 0.333. The van der Waals surface area contributed by atoms with E-state index in [2.05, 4.69) is 35.4 Å². The number of para-hydroxylation sites is 1. The number of aryl methyl sites for hydroxylation is 2. The second-order valence-electron chi connectivity index (χ2n) is 5.05. The molecule has 1 aromatic carbocycles. The zero-order chi connectivity index (χ0) is 14.1. The lowest BCUT2D eigenvalue weighted by molar-refractivity contribution is 0.440. The van der Waals surface area contributed by atoms with Gasteiger partial charge in [-0.3, -0.25) is 0 Å². The summed E-state index contributed by atoms with van der Waals surface area (Å²) >= 11 is 0. The molecule has 0 radical (unpaired) electrons. The summed E-state index contributed by atoms with van der Waals surface area (Å²) in [6, 6.07) is 8.24. The van der Waals surface area contributed by atoms with Gasteiger partial charge in [-0.2, -0.15) is 0 Å². The normalized spacial score (nSPS) is 12.9. The van der Waals surface area contributed by atoms with Crippen molar-refractivity contribution in [2.24, 2.45) is 7.05 Å². The molecule has 0 aliphatic carbocycles. The van der Waals surface area contributed by atoms with Crippen LogP contribution in [-0.2, 0) is 13.6 Å². The van der Waals surface area contributed by atoms with Crippen molar-refractivity contribution >= 4 is 11.0 Å². The maximum atomic E-state index is 5.96. The Kier molecular flexibility index (Phi) is 3.28. The van der Waals surface area contributed by atoms with Gasteiger partial charge in [0.2, 0.25) is 0 Å². The first kappa shape index (κ1) is 12.9. The van der Waals surface area contributed by atoms with Crippen LogP contribution in [0.1, 0.15) is 30.1 Å². The second-order valence-corrected chi connectivity index (χ2v) is 5.05. The number of fused-ring (bicyclic) bond motifs is 1. The van der Waals surface area contributed by atoms with E-state index in [4.69, 9.17) is 4.42 Å². The Morgan fingerprint density at radius 3 is 2.85 bits per heavy atom. The average Bonchev–Trinajstić information content (AvgIpc) is 3.01. The summed E-state index contributed by atoms with van der Waals surface area (Å²) in [6.45, 7) is 4.86. The number of aromatic nitrogens is 3. The topological polar surface area (TPSA) is 55.9 Å². The van der Waals surface area contributed by atoms with Gasteiger partial charge < -0.3 is 14.3 Å². The lowest BCUT2D eigenvalue weighted by atomic mass is 10.1. The number of hydrogen-bond donors (Lipinski definition) is 1. The smallest absolute Gasteiger partial charge is 0.146 e. The van der Waals surface area contributed by atoms with Crippen LogP contribution in [-0.4, -0.2) is 14.8 Å². The standard InChI is InChI=1S/C15H18N4O/c1-10-12-6-4-5-7-13(12)20-15(10)11(2)16-8-14-18-17-9-19(14)3/h4-7,9,11,16H,8H2,1-3H3. The van der Waals surface area contributed by atoms with E-state index in [1.165, 1.54) is 10.9 Å². The van der Waals surface area contributed by atoms with Crippen molar-refractivity contribution in [3.8, 4) is 0 Å². The average molecular weight is 270 g/mol. The van der Waals surface area contributed by atoms with Crippen LogP contribution < -0.4 is 5.32 Å². The predicted molar refractivity (Wildman–Crippen MR) is 77.2 cm³/mol. The van der Waals surface area contributed by atoms with Gasteiger partial charge in [0, 0.05) is 12.4 Å². The van der Waals surface area contributed by atoms with Crippen molar-refractivity contribution < 1.29 is 4.42 Å². The van der Waals surface area contributed by atoms with Crippen LogP contribution in [0.5, 0.6) is 0 Å². The molecule has 0 saturated heterocycles. The SMILES string of the molecule is Cc1c(C(C)NCc2nncn2C)oc2ccccc12. The third-order valence-corrected chi connectivity index (χ3v) is 3.65. The highest BCUT2D eigenvalue weighted by Crippen LogP contribution is 2.29. The van der Waals surface area contributed by atoms with Crippen LogP contribution in [0.25, 0.3) is 11.0 Å². The van der Waals surface area contributed by atoms with Crippen molar-refractivity contribution in [3.63, 3.8) is 0 Å². The molecule has 0 aliphatic heterocycles. The number of rotatable bonds is 4. The fourth-order valence-electron chi connectivity index (χ4n) is 2.41. The highest BCUT2D eigenvalue weighted by atomic mass is 16.3. The summed E-state index contributed by atoms with van der Waals surface area (Å²) in [5.41, 5.74) is 2.13. The van der Waals surface area contributed by atoms with Crippen molar-refractivity contribution in [1.82, 2.24) is 20.1 Å². The Morgan fingerprint density at radius 1 is 1.35 bits per heavy atom. The van der Waals surface area contributed by atoms with Crippen LogP contribution >= 0.6 is 0 Å². The number of nitrogens with one attached hydrogen (secondary N) is 1. The first-order valence-corrected chi connectivity index (χ1v) is 6.71. The molecule has 0 amide bonds. The molecule has 1 unspecified atom stereocenters. The van der Waals surface area contributed by atoms with Crippen LogP contribution in [0.15, 0.2) is 35.0 Å². The molecule has 1 N–H and O–H groups in total. The Bertz CT molecular complexity index is 728. The molecule has 0 saturated carbocycles. The van der Waals surface area contributed by atoms with Gasteiger partial charge in [0.05, 0.1) is 12.6 Å². The molecule has 2 aromatic heterocycles. The monoisotopic (exact) mass is 270 g/mol.